The van der Waals surface area contributed by atoms with Crippen LogP contribution in [0.15, 0.2) is 47.5 Å². The molecule has 1 aromatic heterocycles. The zero-order valence-corrected chi connectivity index (χ0v) is 13.9. The number of pyridine rings is 1. The first kappa shape index (κ1) is 17.7. The molecule has 7 nitrogen and oxygen atoms in total. The number of hydrogen-bond acceptors (Lipinski definition) is 4. The van der Waals surface area contributed by atoms with Crippen LogP contribution in [-0.2, 0) is 11.3 Å². The third-order valence-electron chi connectivity index (χ3n) is 3.80. The van der Waals surface area contributed by atoms with Crippen molar-refractivity contribution < 1.29 is 9.72 Å². The van der Waals surface area contributed by atoms with Gasteiger partial charge in [0.05, 0.1) is 17.2 Å². The third-order valence-corrected chi connectivity index (χ3v) is 4.05. The molecule has 126 valence electrons. The Hall–Kier alpha value is -2.67. The van der Waals surface area contributed by atoms with Gasteiger partial charge >= 0.3 is 5.69 Å². The summed E-state index contributed by atoms with van der Waals surface area (Å²) in [5.74, 6) is -0.240. The third kappa shape index (κ3) is 3.99. The van der Waals surface area contributed by atoms with E-state index in [2.05, 4.69) is 0 Å². The molecule has 1 atom stereocenters. The molecule has 24 heavy (non-hydrogen) atoms. The van der Waals surface area contributed by atoms with Crippen LogP contribution >= 0.6 is 11.6 Å². The van der Waals surface area contributed by atoms with E-state index < -0.39 is 16.0 Å². The summed E-state index contributed by atoms with van der Waals surface area (Å²) < 4.78 is 1.33. The predicted octanol–water partition coefficient (Wildman–Crippen LogP) is 2.63. The van der Waals surface area contributed by atoms with Crippen LogP contribution in [0.5, 0.6) is 0 Å². The summed E-state index contributed by atoms with van der Waals surface area (Å²) in [5, 5.41) is 11.4. The van der Waals surface area contributed by atoms with Crippen LogP contribution in [-0.4, -0.2) is 27.3 Å². The molecular weight excluding hydrogens is 334 g/mol. The molecule has 0 spiro atoms. The maximum Gasteiger partial charge on any atom is 0.332 e. The highest BCUT2D eigenvalue weighted by Crippen LogP contribution is 2.21. The molecule has 0 saturated heterocycles. The second kappa shape index (κ2) is 7.27. The average Bonchev–Trinajstić information content (AvgIpc) is 2.55. The van der Waals surface area contributed by atoms with E-state index in [9.17, 15) is 19.7 Å². The van der Waals surface area contributed by atoms with Crippen LogP contribution in [0.3, 0.4) is 0 Å². The average molecular weight is 350 g/mol. The number of halogens is 1. The summed E-state index contributed by atoms with van der Waals surface area (Å²) in [6.07, 6.45) is 2.43. The minimum Gasteiger partial charge on any atom is -0.339 e. The van der Waals surface area contributed by atoms with Crippen molar-refractivity contribution in [2.24, 2.45) is 0 Å². The molecule has 0 N–H and O–H groups in total. The lowest BCUT2D eigenvalue weighted by atomic mass is 10.1. The molecule has 0 unspecified atom stereocenters. The van der Waals surface area contributed by atoms with Crippen LogP contribution in [0, 0.1) is 10.1 Å². The number of carbonyl (C=O) groups excluding carboxylic acids is 1. The Morgan fingerprint density at radius 2 is 1.96 bits per heavy atom. The van der Waals surface area contributed by atoms with Crippen molar-refractivity contribution in [1.82, 2.24) is 9.47 Å². The van der Waals surface area contributed by atoms with Gasteiger partial charge in [-0.25, -0.2) is 0 Å². The summed E-state index contributed by atoms with van der Waals surface area (Å²) >= 11 is 5.85. The molecule has 0 aliphatic heterocycles. The highest BCUT2D eigenvalue weighted by Gasteiger charge is 2.19. The maximum absolute atomic E-state index is 12.4. The molecule has 1 heterocycles. The Bertz CT molecular complexity index is 817. The number of hydrogen-bond donors (Lipinski definition) is 0. The van der Waals surface area contributed by atoms with Gasteiger partial charge in [0.15, 0.2) is 0 Å². The zero-order chi connectivity index (χ0) is 17.9. The zero-order valence-electron chi connectivity index (χ0n) is 13.2. The Balaban J connectivity index is 2.14. The monoisotopic (exact) mass is 349 g/mol. The van der Waals surface area contributed by atoms with E-state index in [1.165, 1.54) is 15.7 Å². The van der Waals surface area contributed by atoms with Gasteiger partial charge < -0.3 is 9.47 Å². The highest BCUT2D eigenvalue weighted by atomic mass is 35.5. The van der Waals surface area contributed by atoms with Crippen molar-refractivity contribution in [3.8, 4) is 0 Å². The van der Waals surface area contributed by atoms with E-state index in [4.69, 9.17) is 11.6 Å². The lowest BCUT2D eigenvalue weighted by Crippen LogP contribution is -2.32. The van der Waals surface area contributed by atoms with Gasteiger partial charge in [-0.3, -0.25) is 19.7 Å². The normalized spacial score (nSPS) is 11.8. The lowest BCUT2D eigenvalue weighted by molar-refractivity contribution is -0.386. The highest BCUT2D eigenvalue weighted by molar-refractivity contribution is 6.30. The van der Waals surface area contributed by atoms with Crippen molar-refractivity contribution in [3.63, 3.8) is 0 Å². The quantitative estimate of drug-likeness (QED) is 0.613. The van der Waals surface area contributed by atoms with Gasteiger partial charge in [0, 0.05) is 24.3 Å². The number of amides is 1. The smallest absolute Gasteiger partial charge is 0.332 e. The standard InChI is InChI=1S/C16H16ClN3O4/c1-11(12-3-5-13(17)6-4-12)18(2)16(22)10-19-8-7-15(21)14(9-19)20(23)24/h3-9,11H,10H2,1-2H3/t11-/m1/s1. The molecule has 2 aromatic rings. The van der Waals surface area contributed by atoms with Crippen molar-refractivity contribution in [2.75, 3.05) is 7.05 Å². The Kier molecular flexibility index (Phi) is 5.35. The molecule has 0 fully saturated rings. The van der Waals surface area contributed by atoms with E-state index in [0.29, 0.717) is 5.02 Å². The second-order valence-electron chi connectivity index (χ2n) is 5.36. The first-order valence-electron chi connectivity index (χ1n) is 7.15. The minimum atomic E-state index is -0.761. The molecular formula is C16H16ClN3O4. The van der Waals surface area contributed by atoms with E-state index in [0.717, 1.165) is 17.8 Å². The Morgan fingerprint density at radius 3 is 2.54 bits per heavy atom. The maximum atomic E-state index is 12.4. The number of nitro groups is 1. The summed E-state index contributed by atoms with van der Waals surface area (Å²) in [7, 11) is 1.65. The van der Waals surface area contributed by atoms with Crippen molar-refractivity contribution in [1.29, 1.82) is 0 Å². The van der Waals surface area contributed by atoms with Gasteiger partial charge in [-0.15, -0.1) is 0 Å². The molecule has 1 amide bonds. The number of benzene rings is 1. The minimum absolute atomic E-state index is 0.102. The van der Waals surface area contributed by atoms with Crippen LogP contribution in [0.2, 0.25) is 5.02 Å². The number of rotatable bonds is 5. The van der Waals surface area contributed by atoms with Crippen LogP contribution in [0.25, 0.3) is 0 Å². The number of likely N-dealkylation sites (N-methyl/N-ethyl adjacent to an activating group) is 1. The molecule has 1 aromatic carbocycles. The van der Waals surface area contributed by atoms with Crippen molar-refractivity contribution in [2.45, 2.75) is 19.5 Å². The fourth-order valence-electron chi connectivity index (χ4n) is 2.20. The largest absolute Gasteiger partial charge is 0.339 e. The van der Waals surface area contributed by atoms with Gasteiger partial charge in [0.2, 0.25) is 5.91 Å². The van der Waals surface area contributed by atoms with Gasteiger partial charge in [0.25, 0.3) is 5.43 Å². The number of nitrogens with zero attached hydrogens (tertiary/aromatic N) is 3. The molecule has 0 radical (unpaired) electrons. The van der Waals surface area contributed by atoms with E-state index in [1.807, 2.05) is 19.1 Å². The van der Waals surface area contributed by atoms with Crippen molar-refractivity contribution >= 4 is 23.2 Å². The molecule has 0 aliphatic rings. The van der Waals surface area contributed by atoms with Gasteiger partial charge in [0.1, 0.15) is 6.54 Å². The summed E-state index contributed by atoms with van der Waals surface area (Å²) in [6.45, 7) is 1.77. The summed E-state index contributed by atoms with van der Waals surface area (Å²) in [4.78, 5) is 35.4. The first-order valence-corrected chi connectivity index (χ1v) is 7.53. The Labute approximate surface area is 143 Å². The molecule has 2 rings (SSSR count). The summed E-state index contributed by atoms with van der Waals surface area (Å²) in [5.41, 5.74) is -0.327. The fraction of sp³-hybridized carbons (Fsp3) is 0.250. The summed E-state index contributed by atoms with van der Waals surface area (Å²) in [6, 6.07) is 8.05. The number of aromatic nitrogens is 1. The van der Waals surface area contributed by atoms with Crippen LogP contribution in [0.1, 0.15) is 18.5 Å². The van der Waals surface area contributed by atoms with E-state index >= 15 is 0 Å². The van der Waals surface area contributed by atoms with Gasteiger partial charge in [-0.05, 0) is 24.6 Å². The van der Waals surface area contributed by atoms with Gasteiger partial charge in [-0.2, -0.15) is 0 Å². The fourth-order valence-corrected chi connectivity index (χ4v) is 2.32. The molecule has 0 saturated carbocycles. The van der Waals surface area contributed by atoms with Gasteiger partial charge in [-0.1, -0.05) is 23.7 Å². The number of carbonyl (C=O) groups is 1. The SMILES string of the molecule is C[C@H](c1ccc(Cl)cc1)N(C)C(=O)Cn1ccc(=O)c([N+](=O)[O-])c1. The second-order valence-corrected chi connectivity index (χ2v) is 5.79. The Morgan fingerprint density at radius 1 is 1.33 bits per heavy atom. The molecule has 8 heteroatoms. The molecule has 0 aliphatic carbocycles. The van der Waals surface area contributed by atoms with Crippen LogP contribution in [0.4, 0.5) is 5.69 Å². The first-order chi connectivity index (χ1) is 11.3. The molecule has 0 bridgehead atoms. The van der Waals surface area contributed by atoms with E-state index in [1.54, 1.807) is 19.2 Å². The van der Waals surface area contributed by atoms with E-state index in [-0.39, 0.29) is 18.5 Å². The van der Waals surface area contributed by atoms with Crippen LogP contribution < -0.4 is 5.43 Å². The lowest BCUT2D eigenvalue weighted by Gasteiger charge is -2.25. The van der Waals surface area contributed by atoms with Crippen molar-refractivity contribution in [3.05, 3.63) is 73.6 Å². The predicted molar refractivity (Wildman–Crippen MR) is 90.0 cm³/mol. The topological polar surface area (TPSA) is 85.5 Å².